The Labute approximate surface area is 566 Å². The Bertz CT molecular complexity index is 1810. The third-order valence-corrected chi connectivity index (χ3v) is 18.6. The van der Waals surface area contributed by atoms with Gasteiger partial charge in [-0.05, 0) is 77.0 Å². The highest BCUT2D eigenvalue weighted by atomic mass is 31.2. The molecule has 0 heterocycles. The van der Waals surface area contributed by atoms with Crippen LogP contribution in [-0.2, 0) is 18.4 Å². The first kappa shape index (κ1) is 88.4. The number of aliphatic hydroxyl groups is 1. The topological polar surface area (TPSA) is 108 Å². The molecule has 0 radical (unpaired) electrons. The normalized spacial score (nSPS) is 14.1. The molecule has 0 bridgehead atoms. The molecule has 530 valence electrons. The Morgan fingerprint density at radius 2 is 0.670 bits per heavy atom. The van der Waals surface area contributed by atoms with Crippen molar-refractivity contribution in [3.05, 3.63) is 97.2 Å². The molecule has 1 amide bonds. The van der Waals surface area contributed by atoms with Crippen LogP contribution in [0.1, 0.15) is 367 Å². The van der Waals surface area contributed by atoms with Crippen molar-refractivity contribution < 1.29 is 32.9 Å². The molecule has 0 aliphatic heterocycles. The van der Waals surface area contributed by atoms with Crippen molar-refractivity contribution in [3.8, 4) is 0 Å². The van der Waals surface area contributed by atoms with Gasteiger partial charge in [0.05, 0.1) is 39.9 Å². The number of quaternary nitrogens is 1. The van der Waals surface area contributed by atoms with E-state index in [9.17, 15) is 19.4 Å². The molecule has 0 aliphatic rings. The van der Waals surface area contributed by atoms with Gasteiger partial charge in [-0.1, -0.05) is 381 Å². The van der Waals surface area contributed by atoms with E-state index in [1.54, 1.807) is 0 Å². The van der Waals surface area contributed by atoms with E-state index >= 15 is 0 Å². The number of phosphoric acid groups is 1. The molecular weight excluding hydrogens is 1140 g/mol. The van der Waals surface area contributed by atoms with Crippen molar-refractivity contribution in [1.29, 1.82) is 0 Å². The van der Waals surface area contributed by atoms with Crippen molar-refractivity contribution >= 4 is 13.7 Å². The van der Waals surface area contributed by atoms with Crippen molar-refractivity contribution in [2.45, 2.75) is 379 Å². The first-order valence-corrected chi connectivity index (χ1v) is 40.5. The predicted octanol–water partition coefficient (Wildman–Crippen LogP) is 25.0. The molecule has 0 aromatic heterocycles. The standard InChI is InChI=1S/C82H151N2O6P/c1-6-8-10-12-14-16-18-20-22-24-26-28-30-32-34-36-38-39-40-41-42-43-44-45-46-48-50-52-54-56-58-60-62-64-66-68-70-72-74-76-82(86)83-80(79-90-91(87,88)89-78-77-84(3,4)5)81(85)75-73-71-69-67-65-63-61-59-57-55-53-51-49-47-37-35-33-31-29-27-25-23-21-19-17-15-13-11-9-7-2/h8,10,14,16,20,22,26,28,32,34,38-39,41-42,44-45,80-81,85H,6-7,9,11-13,15,17-19,21,23-25,27,29-31,33,35-37,40,43,46-79H2,1-5H3,(H-,83,86,87,88)/b10-8-,16-14-,22-20-,28-26-,34-32-,39-38-,42-41-,45-44-. The van der Waals surface area contributed by atoms with Crippen LogP contribution in [0.25, 0.3) is 0 Å². The van der Waals surface area contributed by atoms with E-state index in [2.05, 4.69) is 116 Å². The average molecular weight is 1290 g/mol. The van der Waals surface area contributed by atoms with Crippen LogP contribution in [0.5, 0.6) is 0 Å². The minimum atomic E-state index is -4.59. The van der Waals surface area contributed by atoms with Crippen molar-refractivity contribution in [3.63, 3.8) is 0 Å². The quantitative estimate of drug-likeness (QED) is 0.0272. The first-order valence-electron chi connectivity index (χ1n) is 39.1. The zero-order chi connectivity index (χ0) is 66.2. The lowest BCUT2D eigenvalue weighted by Gasteiger charge is -2.30. The summed E-state index contributed by atoms with van der Waals surface area (Å²) in [6.07, 6.45) is 104. The van der Waals surface area contributed by atoms with Gasteiger partial charge >= 0.3 is 0 Å². The van der Waals surface area contributed by atoms with Gasteiger partial charge in [-0.2, -0.15) is 0 Å². The molecule has 0 aromatic carbocycles. The summed E-state index contributed by atoms with van der Waals surface area (Å²) in [5.41, 5.74) is 0. The highest BCUT2D eigenvalue weighted by Gasteiger charge is 2.24. The third kappa shape index (κ3) is 74.7. The van der Waals surface area contributed by atoms with E-state index in [4.69, 9.17) is 9.05 Å². The summed E-state index contributed by atoms with van der Waals surface area (Å²) >= 11 is 0. The van der Waals surface area contributed by atoms with Gasteiger partial charge in [-0.25, -0.2) is 0 Å². The van der Waals surface area contributed by atoms with E-state index in [-0.39, 0.29) is 19.1 Å². The number of aliphatic hydroxyl groups excluding tert-OH is 1. The summed E-state index contributed by atoms with van der Waals surface area (Å²) in [7, 11) is 1.31. The SMILES string of the molecule is CC/C=C\C/C=C\C/C=C\C/C=C\C/C=C\C/C=C\C/C=C\C/C=C\CCCCCCCCCCCCCCCCC(=O)NC(COP(=O)([O-])OCC[N+](C)(C)C)C(O)CCCCCCCCCCCCCCCCCCCCCCCCCCCCCCCC. The number of phosphoric ester groups is 1. The smallest absolute Gasteiger partial charge is 0.268 e. The van der Waals surface area contributed by atoms with Crippen LogP contribution in [0.3, 0.4) is 0 Å². The lowest BCUT2D eigenvalue weighted by molar-refractivity contribution is -0.870. The fraction of sp³-hybridized carbons (Fsp3) is 0.793. The number of allylic oxidation sites excluding steroid dienone is 16. The van der Waals surface area contributed by atoms with Crippen LogP contribution in [-0.4, -0.2) is 68.5 Å². The van der Waals surface area contributed by atoms with E-state index in [1.165, 1.54) is 250 Å². The number of nitrogens with one attached hydrogen (secondary N) is 1. The molecule has 0 aliphatic carbocycles. The Hall–Kier alpha value is -2.58. The predicted molar refractivity (Wildman–Crippen MR) is 399 cm³/mol. The number of amides is 1. The summed E-state index contributed by atoms with van der Waals surface area (Å²) in [5.74, 6) is -0.163. The van der Waals surface area contributed by atoms with E-state index in [0.717, 1.165) is 89.9 Å². The van der Waals surface area contributed by atoms with Crippen molar-refractivity contribution in [2.24, 2.45) is 0 Å². The van der Waals surface area contributed by atoms with Crippen molar-refractivity contribution in [2.75, 3.05) is 40.9 Å². The van der Waals surface area contributed by atoms with Gasteiger partial charge < -0.3 is 28.8 Å². The molecular formula is C82H151N2O6P. The van der Waals surface area contributed by atoms with Gasteiger partial charge in [0.25, 0.3) is 7.82 Å². The number of hydrogen-bond acceptors (Lipinski definition) is 6. The Balaban J connectivity index is 3.99. The number of likely N-dealkylation sites (N-methyl/N-ethyl adjacent to an activating group) is 1. The number of carbonyl (C=O) groups is 1. The van der Waals surface area contributed by atoms with Gasteiger partial charge in [-0.15, -0.1) is 0 Å². The highest BCUT2D eigenvalue weighted by Crippen LogP contribution is 2.38. The Morgan fingerprint density at radius 1 is 0.396 bits per heavy atom. The van der Waals surface area contributed by atoms with Crippen LogP contribution < -0.4 is 10.2 Å². The van der Waals surface area contributed by atoms with Gasteiger partial charge in [0, 0.05) is 6.42 Å². The number of rotatable bonds is 72. The van der Waals surface area contributed by atoms with E-state index in [0.29, 0.717) is 23.9 Å². The molecule has 8 nitrogen and oxygen atoms in total. The second kappa shape index (κ2) is 71.7. The summed E-state index contributed by atoms with van der Waals surface area (Å²) in [6.45, 7) is 4.65. The summed E-state index contributed by atoms with van der Waals surface area (Å²) < 4.78 is 23.6. The van der Waals surface area contributed by atoms with Gasteiger partial charge in [0.15, 0.2) is 0 Å². The lowest BCUT2D eigenvalue weighted by Crippen LogP contribution is -2.46. The highest BCUT2D eigenvalue weighted by molar-refractivity contribution is 7.45. The van der Waals surface area contributed by atoms with E-state index in [1.807, 2.05) is 21.1 Å². The van der Waals surface area contributed by atoms with Gasteiger partial charge in [0.2, 0.25) is 5.91 Å². The number of carbonyl (C=O) groups excluding carboxylic acids is 1. The lowest BCUT2D eigenvalue weighted by atomic mass is 10.0. The molecule has 0 spiro atoms. The maximum absolute atomic E-state index is 13.1. The molecule has 3 unspecified atom stereocenters. The first-order chi connectivity index (χ1) is 44.5. The number of unbranched alkanes of at least 4 members (excludes halogenated alkanes) is 43. The molecule has 0 rings (SSSR count). The van der Waals surface area contributed by atoms with Crippen LogP contribution in [0.4, 0.5) is 0 Å². The zero-order valence-corrected chi connectivity index (χ0v) is 61.7. The summed E-state index contributed by atoms with van der Waals surface area (Å²) in [5, 5.41) is 14.1. The van der Waals surface area contributed by atoms with Crippen LogP contribution in [0, 0.1) is 0 Å². The second-order valence-corrected chi connectivity index (χ2v) is 29.1. The Morgan fingerprint density at radius 3 is 0.978 bits per heavy atom. The van der Waals surface area contributed by atoms with Crippen LogP contribution in [0.15, 0.2) is 97.2 Å². The minimum absolute atomic E-state index is 0.0102. The summed E-state index contributed by atoms with van der Waals surface area (Å²) in [4.78, 5) is 25.7. The van der Waals surface area contributed by atoms with Crippen LogP contribution >= 0.6 is 7.82 Å². The molecule has 0 saturated heterocycles. The van der Waals surface area contributed by atoms with Gasteiger partial charge in [0.1, 0.15) is 13.2 Å². The fourth-order valence-corrected chi connectivity index (χ4v) is 12.3. The largest absolute Gasteiger partial charge is 0.756 e. The molecule has 9 heteroatoms. The maximum Gasteiger partial charge on any atom is 0.268 e. The molecule has 91 heavy (non-hydrogen) atoms. The van der Waals surface area contributed by atoms with E-state index < -0.39 is 20.0 Å². The van der Waals surface area contributed by atoms with Crippen molar-refractivity contribution in [1.82, 2.24) is 5.32 Å². The molecule has 0 fully saturated rings. The molecule has 2 N–H and O–H groups in total. The third-order valence-electron chi connectivity index (χ3n) is 17.6. The molecule has 0 aromatic rings. The number of nitrogens with zero attached hydrogens (tertiary/aromatic N) is 1. The molecule has 3 atom stereocenters. The zero-order valence-electron chi connectivity index (χ0n) is 60.8. The maximum atomic E-state index is 13.1. The fourth-order valence-electron chi connectivity index (χ4n) is 11.6. The molecule has 0 saturated carbocycles. The van der Waals surface area contributed by atoms with Crippen LogP contribution in [0.2, 0.25) is 0 Å². The minimum Gasteiger partial charge on any atom is -0.756 e. The summed E-state index contributed by atoms with van der Waals surface area (Å²) in [6, 6.07) is -0.808. The second-order valence-electron chi connectivity index (χ2n) is 27.7. The van der Waals surface area contributed by atoms with Gasteiger partial charge in [-0.3, -0.25) is 9.36 Å². The monoisotopic (exact) mass is 1290 g/mol. The average Bonchev–Trinajstić information content (AvgIpc) is 3.58. The Kier molecular flexibility index (Phi) is 69.7. The number of hydrogen-bond donors (Lipinski definition) is 2.